The van der Waals surface area contributed by atoms with Crippen molar-refractivity contribution in [2.24, 2.45) is 0 Å². The zero-order valence-corrected chi connectivity index (χ0v) is 14.4. The fourth-order valence-corrected chi connectivity index (χ4v) is 3.39. The van der Waals surface area contributed by atoms with Gasteiger partial charge in [0, 0.05) is 17.6 Å². The first-order valence-corrected chi connectivity index (χ1v) is 8.78. The molecule has 3 rings (SSSR count). The largest absolute Gasteiger partial charge is 0.367 e. The first kappa shape index (κ1) is 16.5. The van der Waals surface area contributed by atoms with Crippen LogP contribution in [0.2, 0.25) is 5.02 Å². The predicted molar refractivity (Wildman–Crippen MR) is 96.0 cm³/mol. The molecule has 0 spiro atoms. The van der Waals surface area contributed by atoms with Crippen molar-refractivity contribution in [2.75, 3.05) is 19.7 Å². The fraction of sp³-hybridized carbons (Fsp3) is 0.400. The van der Waals surface area contributed by atoms with Crippen molar-refractivity contribution in [1.82, 2.24) is 4.90 Å². The van der Waals surface area contributed by atoms with Gasteiger partial charge in [0.25, 0.3) is 0 Å². The van der Waals surface area contributed by atoms with Crippen LogP contribution in [0.5, 0.6) is 0 Å². The van der Waals surface area contributed by atoms with Crippen molar-refractivity contribution in [3.05, 3.63) is 70.7 Å². The van der Waals surface area contributed by atoms with Crippen LogP contribution < -0.4 is 0 Å². The van der Waals surface area contributed by atoms with Gasteiger partial charge in [-0.05, 0) is 49.6 Å². The third-order valence-electron chi connectivity index (χ3n) is 4.63. The maximum Gasteiger partial charge on any atom is 0.108 e. The summed E-state index contributed by atoms with van der Waals surface area (Å²) in [5, 5.41) is 0.756. The highest BCUT2D eigenvalue weighted by atomic mass is 35.5. The number of nitrogens with zero attached hydrogens (tertiary/aromatic N) is 1. The van der Waals surface area contributed by atoms with Gasteiger partial charge in [0.2, 0.25) is 0 Å². The van der Waals surface area contributed by atoms with Crippen LogP contribution in [0.25, 0.3) is 0 Å². The molecule has 0 radical (unpaired) electrons. The summed E-state index contributed by atoms with van der Waals surface area (Å²) in [7, 11) is 0. The van der Waals surface area contributed by atoms with Gasteiger partial charge in [0.15, 0.2) is 0 Å². The smallest absolute Gasteiger partial charge is 0.108 e. The van der Waals surface area contributed by atoms with Gasteiger partial charge in [-0.2, -0.15) is 0 Å². The summed E-state index contributed by atoms with van der Waals surface area (Å²) in [6, 6.07) is 19.1. The Morgan fingerprint density at radius 3 is 2.43 bits per heavy atom. The van der Waals surface area contributed by atoms with Gasteiger partial charge in [0.05, 0.1) is 6.61 Å². The maximum absolute atomic E-state index is 6.28. The highest BCUT2D eigenvalue weighted by Gasteiger charge is 2.21. The van der Waals surface area contributed by atoms with E-state index in [1.165, 1.54) is 24.9 Å². The van der Waals surface area contributed by atoms with Crippen molar-refractivity contribution in [1.29, 1.82) is 0 Å². The lowest BCUT2D eigenvalue weighted by atomic mass is 10.0. The number of benzene rings is 2. The molecule has 23 heavy (non-hydrogen) atoms. The minimum Gasteiger partial charge on any atom is -0.367 e. The Hall–Kier alpha value is -1.35. The van der Waals surface area contributed by atoms with E-state index in [2.05, 4.69) is 48.2 Å². The normalized spacial score (nSPS) is 19.8. The van der Waals surface area contributed by atoms with Crippen LogP contribution in [0, 0.1) is 0 Å². The molecule has 1 heterocycles. The van der Waals surface area contributed by atoms with Crippen molar-refractivity contribution < 1.29 is 4.74 Å². The monoisotopic (exact) mass is 329 g/mol. The quantitative estimate of drug-likeness (QED) is 0.745. The molecule has 1 aliphatic rings. The lowest BCUT2D eigenvalue weighted by molar-refractivity contribution is 0.0585. The lowest BCUT2D eigenvalue weighted by Gasteiger charge is -2.24. The zero-order valence-electron chi connectivity index (χ0n) is 13.6. The summed E-state index contributed by atoms with van der Waals surface area (Å²) in [5.41, 5.74) is 2.33. The topological polar surface area (TPSA) is 12.5 Å². The molecule has 0 bridgehead atoms. The summed E-state index contributed by atoms with van der Waals surface area (Å²) in [6.45, 7) is 5.24. The molecule has 0 aliphatic carbocycles. The van der Waals surface area contributed by atoms with Crippen molar-refractivity contribution in [3.63, 3.8) is 0 Å². The Balaban J connectivity index is 1.69. The van der Waals surface area contributed by atoms with E-state index in [0.29, 0.717) is 6.04 Å². The number of halogens is 1. The van der Waals surface area contributed by atoms with Gasteiger partial charge in [-0.1, -0.05) is 54.1 Å². The highest BCUT2D eigenvalue weighted by molar-refractivity contribution is 6.30. The molecule has 0 aromatic heterocycles. The van der Waals surface area contributed by atoms with E-state index in [1.807, 2.05) is 18.2 Å². The van der Waals surface area contributed by atoms with Crippen LogP contribution in [0.3, 0.4) is 0 Å². The Kier molecular flexibility index (Phi) is 5.71. The molecule has 2 unspecified atom stereocenters. The molecule has 0 N–H and O–H groups in total. The van der Waals surface area contributed by atoms with Crippen LogP contribution >= 0.6 is 11.6 Å². The summed E-state index contributed by atoms with van der Waals surface area (Å²) in [5.74, 6) is 0. The molecular formula is C20H24ClNO. The molecular weight excluding hydrogens is 306 g/mol. The second-order valence-corrected chi connectivity index (χ2v) is 6.68. The van der Waals surface area contributed by atoms with E-state index in [9.17, 15) is 0 Å². The Morgan fingerprint density at radius 1 is 1.09 bits per heavy atom. The van der Waals surface area contributed by atoms with Crippen molar-refractivity contribution in [3.8, 4) is 0 Å². The molecule has 122 valence electrons. The number of ether oxygens (including phenoxy) is 1. The number of likely N-dealkylation sites (tertiary alicyclic amines) is 1. The van der Waals surface area contributed by atoms with E-state index in [0.717, 1.165) is 23.7 Å². The van der Waals surface area contributed by atoms with Gasteiger partial charge < -0.3 is 4.74 Å². The third-order valence-corrected chi connectivity index (χ3v) is 4.88. The SMILES string of the molecule is CC1CCCN1CCOC(c1ccccc1)c1ccc(Cl)cc1. The highest BCUT2D eigenvalue weighted by Crippen LogP contribution is 2.27. The van der Waals surface area contributed by atoms with Crippen LogP contribution in [0.4, 0.5) is 0 Å². The number of rotatable bonds is 6. The van der Waals surface area contributed by atoms with Gasteiger partial charge in [-0.25, -0.2) is 0 Å². The first-order valence-electron chi connectivity index (χ1n) is 8.40. The van der Waals surface area contributed by atoms with E-state index in [4.69, 9.17) is 16.3 Å². The first-order chi connectivity index (χ1) is 11.2. The lowest BCUT2D eigenvalue weighted by Crippen LogP contribution is -2.30. The second kappa shape index (κ2) is 7.96. The maximum atomic E-state index is 6.28. The van der Waals surface area contributed by atoms with Gasteiger partial charge in [-0.3, -0.25) is 4.90 Å². The molecule has 3 heteroatoms. The molecule has 1 saturated heterocycles. The molecule has 0 amide bonds. The predicted octanol–water partition coefficient (Wildman–Crippen LogP) is 4.93. The molecule has 2 aromatic carbocycles. The van der Waals surface area contributed by atoms with Crippen LogP contribution in [-0.4, -0.2) is 30.6 Å². The summed E-state index contributed by atoms with van der Waals surface area (Å²) in [4.78, 5) is 2.52. The summed E-state index contributed by atoms with van der Waals surface area (Å²) >= 11 is 6.02. The Morgan fingerprint density at radius 2 is 1.78 bits per heavy atom. The number of hydrogen-bond donors (Lipinski definition) is 0. The van der Waals surface area contributed by atoms with E-state index < -0.39 is 0 Å². The molecule has 2 nitrogen and oxygen atoms in total. The van der Waals surface area contributed by atoms with Gasteiger partial charge in [0.1, 0.15) is 6.10 Å². The third kappa shape index (κ3) is 4.35. The average molecular weight is 330 g/mol. The Labute approximate surface area is 144 Å². The molecule has 2 aromatic rings. The Bertz CT molecular complexity index is 599. The molecule has 0 saturated carbocycles. The van der Waals surface area contributed by atoms with Crippen molar-refractivity contribution in [2.45, 2.75) is 31.9 Å². The minimum absolute atomic E-state index is 0.0358. The standard InChI is InChI=1S/C20H24ClNO/c1-16-6-5-13-22(16)14-15-23-20(17-7-3-2-4-8-17)18-9-11-19(21)12-10-18/h2-4,7-12,16,20H,5-6,13-15H2,1H3. The molecule has 1 fully saturated rings. The molecule has 2 atom stereocenters. The van der Waals surface area contributed by atoms with Crippen molar-refractivity contribution >= 4 is 11.6 Å². The van der Waals surface area contributed by atoms with Crippen LogP contribution in [0.15, 0.2) is 54.6 Å². The second-order valence-electron chi connectivity index (χ2n) is 6.24. The molecule has 1 aliphatic heterocycles. The minimum atomic E-state index is -0.0358. The van der Waals surface area contributed by atoms with Crippen LogP contribution in [-0.2, 0) is 4.74 Å². The van der Waals surface area contributed by atoms with Gasteiger partial charge in [-0.15, -0.1) is 0 Å². The average Bonchev–Trinajstić information content (AvgIpc) is 2.99. The zero-order chi connectivity index (χ0) is 16.1. The van der Waals surface area contributed by atoms with E-state index in [1.54, 1.807) is 0 Å². The fourth-order valence-electron chi connectivity index (χ4n) is 3.26. The van der Waals surface area contributed by atoms with E-state index in [-0.39, 0.29) is 6.10 Å². The number of hydrogen-bond acceptors (Lipinski definition) is 2. The summed E-state index contributed by atoms with van der Waals surface area (Å²) < 4.78 is 6.28. The van der Waals surface area contributed by atoms with Crippen LogP contribution in [0.1, 0.15) is 37.0 Å². The van der Waals surface area contributed by atoms with Gasteiger partial charge >= 0.3 is 0 Å². The summed E-state index contributed by atoms with van der Waals surface area (Å²) in [6.07, 6.45) is 2.58. The van der Waals surface area contributed by atoms with E-state index >= 15 is 0 Å².